The highest BCUT2D eigenvalue weighted by molar-refractivity contribution is 6.33. The number of nitrogens with one attached hydrogen (secondary N) is 1. The van der Waals surface area contributed by atoms with E-state index in [1.807, 2.05) is 12.1 Å². The molecule has 1 aliphatic rings. The summed E-state index contributed by atoms with van der Waals surface area (Å²) >= 11 is 6.03. The maximum atomic E-state index is 12.5. The molecule has 0 bridgehead atoms. The molecule has 2 aromatic rings. The summed E-state index contributed by atoms with van der Waals surface area (Å²) in [6.07, 6.45) is 3.64. The minimum atomic E-state index is -0.284. The fourth-order valence-electron chi connectivity index (χ4n) is 3.16. The van der Waals surface area contributed by atoms with Gasteiger partial charge in [-0.15, -0.1) is 0 Å². The molecular formula is C20H24ClN3O2. The molecule has 138 valence electrons. The molecule has 2 aromatic carbocycles. The van der Waals surface area contributed by atoms with E-state index < -0.39 is 0 Å². The standard InChI is InChI=1S/C20H24ClN3O2/c1-26-19-13-18(22)17(21)12-16(19)20(25)23-15-6-4-14(5-7-15)8-11-24-9-2-3-10-24/h4-7,12-13H,2-3,8-11,22H2,1H3,(H,23,25). The van der Waals surface area contributed by atoms with Gasteiger partial charge in [-0.05, 0) is 56.1 Å². The second kappa shape index (κ2) is 8.43. The summed E-state index contributed by atoms with van der Waals surface area (Å²) in [7, 11) is 1.49. The van der Waals surface area contributed by atoms with E-state index in [1.54, 1.807) is 6.07 Å². The lowest BCUT2D eigenvalue weighted by atomic mass is 10.1. The minimum absolute atomic E-state index is 0.284. The first-order chi connectivity index (χ1) is 12.6. The molecule has 0 aliphatic carbocycles. The van der Waals surface area contributed by atoms with E-state index in [0.717, 1.165) is 18.7 Å². The molecule has 26 heavy (non-hydrogen) atoms. The molecule has 0 aromatic heterocycles. The fourth-order valence-corrected chi connectivity index (χ4v) is 3.33. The Morgan fingerprint density at radius 1 is 1.23 bits per heavy atom. The maximum Gasteiger partial charge on any atom is 0.259 e. The largest absolute Gasteiger partial charge is 0.496 e. The molecule has 1 heterocycles. The monoisotopic (exact) mass is 373 g/mol. The average molecular weight is 374 g/mol. The van der Waals surface area contributed by atoms with Crippen LogP contribution in [0.15, 0.2) is 36.4 Å². The highest BCUT2D eigenvalue weighted by Gasteiger charge is 2.15. The Hall–Kier alpha value is -2.24. The van der Waals surface area contributed by atoms with Crippen LogP contribution < -0.4 is 15.8 Å². The Labute approximate surface area is 159 Å². The first-order valence-corrected chi connectivity index (χ1v) is 9.20. The number of hydrogen-bond acceptors (Lipinski definition) is 4. The molecule has 1 saturated heterocycles. The average Bonchev–Trinajstić information content (AvgIpc) is 3.16. The number of ether oxygens (including phenoxy) is 1. The lowest BCUT2D eigenvalue weighted by Crippen LogP contribution is -2.21. The summed E-state index contributed by atoms with van der Waals surface area (Å²) < 4.78 is 5.24. The van der Waals surface area contributed by atoms with Gasteiger partial charge in [0.2, 0.25) is 0 Å². The minimum Gasteiger partial charge on any atom is -0.496 e. The smallest absolute Gasteiger partial charge is 0.259 e. The zero-order valence-electron chi connectivity index (χ0n) is 14.9. The van der Waals surface area contributed by atoms with E-state index in [2.05, 4.69) is 22.3 Å². The first-order valence-electron chi connectivity index (χ1n) is 8.82. The summed E-state index contributed by atoms with van der Waals surface area (Å²) in [4.78, 5) is 15.0. The van der Waals surface area contributed by atoms with E-state index in [4.69, 9.17) is 22.1 Å². The molecule has 6 heteroatoms. The molecule has 1 aliphatic heterocycles. The van der Waals surface area contributed by atoms with Crippen LogP contribution in [-0.4, -0.2) is 37.6 Å². The quantitative estimate of drug-likeness (QED) is 0.755. The predicted molar refractivity (Wildman–Crippen MR) is 106 cm³/mol. The Morgan fingerprint density at radius 3 is 2.58 bits per heavy atom. The third-order valence-electron chi connectivity index (χ3n) is 4.69. The van der Waals surface area contributed by atoms with Crippen molar-refractivity contribution < 1.29 is 9.53 Å². The van der Waals surface area contributed by atoms with Crippen LogP contribution in [0.25, 0.3) is 0 Å². The fraction of sp³-hybridized carbons (Fsp3) is 0.350. The van der Waals surface area contributed by atoms with Crippen molar-refractivity contribution in [1.82, 2.24) is 4.90 Å². The van der Waals surface area contributed by atoms with Gasteiger partial charge in [0.05, 0.1) is 23.4 Å². The normalized spacial score (nSPS) is 14.4. The Morgan fingerprint density at radius 2 is 1.92 bits per heavy atom. The number of rotatable bonds is 6. The number of nitrogen functional groups attached to an aromatic ring is 1. The van der Waals surface area contributed by atoms with E-state index in [0.29, 0.717) is 22.0 Å². The molecule has 1 amide bonds. The van der Waals surface area contributed by atoms with Crippen LogP contribution >= 0.6 is 11.6 Å². The molecule has 1 fully saturated rings. The van der Waals surface area contributed by atoms with E-state index in [1.165, 1.54) is 44.7 Å². The van der Waals surface area contributed by atoms with Gasteiger partial charge in [-0.3, -0.25) is 4.79 Å². The highest BCUT2D eigenvalue weighted by Crippen LogP contribution is 2.29. The van der Waals surface area contributed by atoms with E-state index in [9.17, 15) is 4.79 Å². The lowest BCUT2D eigenvalue weighted by molar-refractivity contribution is 0.102. The van der Waals surface area contributed by atoms with Crippen LogP contribution in [0.2, 0.25) is 5.02 Å². The number of methoxy groups -OCH3 is 1. The van der Waals surface area contributed by atoms with Gasteiger partial charge >= 0.3 is 0 Å². The van der Waals surface area contributed by atoms with Crippen LogP contribution in [0.4, 0.5) is 11.4 Å². The van der Waals surface area contributed by atoms with Crippen molar-refractivity contribution in [3.63, 3.8) is 0 Å². The van der Waals surface area contributed by atoms with Crippen LogP contribution in [0.5, 0.6) is 5.75 Å². The third-order valence-corrected chi connectivity index (χ3v) is 5.02. The number of benzene rings is 2. The van der Waals surface area contributed by atoms with Crippen molar-refractivity contribution in [2.45, 2.75) is 19.3 Å². The van der Waals surface area contributed by atoms with Gasteiger partial charge in [0.1, 0.15) is 5.75 Å². The zero-order chi connectivity index (χ0) is 18.5. The zero-order valence-corrected chi connectivity index (χ0v) is 15.7. The Bertz CT molecular complexity index is 771. The molecule has 0 saturated carbocycles. The van der Waals surface area contributed by atoms with Crippen LogP contribution in [0, 0.1) is 0 Å². The van der Waals surface area contributed by atoms with Gasteiger partial charge in [0.25, 0.3) is 5.91 Å². The summed E-state index contributed by atoms with van der Waals surface area (Å²) in [6.45, 7) is 3.51. The van der Waals surface area contributed by atoms with Gasteiger partial charge in [0.15, 0.2) is 0 Å². The van der Waals surface area contributed by atoms with Crippen molar-refractivity contribution in [3.8, 4) is 5.75 Å². The number of carbonyl (C=O) groups is 1. The first kappa shape index (κ1) is 18.5. The summed E-state index contributed by atoms with van der Waals surface area (Å²) in [5, 5.41) is 3.20. The van der Waals surface area contributed by atoms with Crippen LogP contribution in [-0.2, 0) is 6.42 Å². The molecule has 3 N–H and O–H groups in total. The topological polar surface area (TPSA) is 67.6 Å². The Balaban J connectivity index is 1.63. The van der Waals surface area contributed by atoms with E-state index in [-0.39, 0.29) is 5.91 Å². The van der Waals surface area contributed by atoms with Crippen molar-refractivity contribution in [2.24, 2.45) is 0 Å². The van der Waals surface area contributed by atoms with Crippen molar-refractivity contribution in [1.29, 1.82) is 0 Å². The molecule has 0 unspecified atom stereocenters. The van der Waals surface area contributed by atoms with Gasteiger partial charge in [-0.25, -0.2) is 0 Å². The molecule has 0 spiro atoms. The number of likely N-dealkylation sites (tertiary alicyclic amines) is 1. The summed E-state index contributed by atoms with van der Waals surface area (Å²) in [5.74, 6) is 0.111. The molecule has 0 atom stereocenters. The number of nitrogens with two attached hydrogens (primary N) is 1. The van der Waals surface area contributed by atoms with E-state index >= 15 is 0 Å². The van der Waals surface area contributed by atoms with Gasteiger partial charge in [-0.1, -0.05) is 23.7 Å². The van der Waals surface area contributed by atoms with Crippen molar-refractivity contribution >= 4 is 28.9 Å². The SMILES string of the molecule is COc1cc(N)c(Cl)cc1C(=O)Nc1ccc(CCN2CCCC2)cc1. The number of anilines is 2. The number of amides is 1. The lowest BCUT2D eigenvalue weighted by Gasteiger charge is -2.14. The molecule has 5 nitrogen and oxygen atoms in total. The second-order valence-electron chi connectivity index (χ2n) is 6.52. The van der Waals surface area contributed by atoms with Crippen molar-refractivity contribution in [2.75, 3.05) is 37.8 Å². The third kappa shape index (κ3) is 4.48. The van der Waals surface area contributed by atoms with Crippen LogP contribution in [0.1, 0.15) is 28.8 Å². The summed E-state index contributed by atoms with van der Waals surface area (Å²) in [5.41, 5.74) is 8.49. The second-order valence-corrected chi connectivity index (χ2v) is 6.93. The van der Waals surface area contributed by atoms with Crippen LogP contribution in [0.3, 0.4) is 0 Å². The van der Waals surface area contributed by atoms with Gasteiger partial charge in [-0.2, -0.15) is 0 Å². The molecule has 0 radical (unpaired) electrons. The number of carbonyl (C=O) groups excluding carboxylic acids is 1. The number of hydrogen-bond donors (Lipinski definition) is 2. The highest BCUT2D eigenvalue weighted by atomic mass is 35.5. The predicted octanol–water partition coefficient (Wildman–Crippen LogP) is 3.82. The Kier molecular flexibility index (Phi) is 6.01. The number of halogens is 1. The van der Waals surface area contributed by atoms with Gasteiger partial charge in [0, 0.05) is 18.3 Å². The van der Waals surface area contributed by atoms with Crippen molar-refractivity contribution in [3.05, 3.63) is 52.5 Å². The summed E-state index contributed by atoms with van der Waals surface area (Å²) in [6, 6.07) is 11.0. The molecule has 3 rings (SSSR count). The molecular weight excluding hydrogens is 350 g/mol. The maximum absolute atomic E-state index is 12.5. The van der Waals surface area contributed by atoms with Gasteiger partial charge < -0.3 is 20.7 Å². The number of nitrogens with zero attached hydrogens (tertiary/aromatic N) is 1.